The van der Waals surface area contributed by atoms with Crippen LogP contribution in [0.2, 0.25) is 0 Å². The third kappa shape index (κ3) is 3.37. The van der Waals surface area contributed by atoms with E-state index >= 15 is 0 Å². The maximum Gasteiger partial charge on any atom is 0.109 e. The number of aryl methyl sites for hydroxylation is 1. The van der Waals surface area contributed by atoms with Crippen LogP contribution in [-0.2, 0) is 6.54 Å². The Morgan fingerprint density at radius 3 is 2.94 bits per heavy atom. The molecule has 0 bridgehead atoms. The fourth-order valence-corrected chi connectivity index (χ4v) is 2.54. The van der Waals surface area contributed by atoms with Crippen LogP contribution in [0.1, 0.15) is 29.1 Å². The quantitative estimate of drug-likeness (QED) is 0.921. The minimum Gasteiger partial charge on any atom is -0.304 e. The summed E-state index contributed by atoms with van der Waals surface area (Å²) in [4.78, 5) is 4.31. The second kappa shape index (κ2) is 5.76. The fraction of sp³-hybridized carbons (Fsp3) is 0.308. The van der Waals surface area contributed by atoms with Gasteiger partial charge in [-0.05, 0) is 31.0 Å². The van der Waals surface area contributed by atoms with Gasteiger partial charge in [-0.1, -0.05) is 28.1 Å². The highest BCUT2D eigenvalue weighted by Crippen LogP contribution is 2.19. The lowest BCUT2D eigenvalue weighted by atomic mass is 10.1. The van der Waals surface area contributed by atoms with Gasteiger partial charge < -0.3 is 5.32 Å². The number of halogens is 1. The number of thiazole rings is 1. The van der Waals surface area contributed by atoms with Crippen LogP contribution in [0.25, 0.3) is 0 Å². The van der Waals surface area contributed by atoms with Crippen LogP contribution in [0.4, 0.5) is 0 Å². The number of nitrogens with one attached hydrogen (secondary N) is 1. The molecule has 2 nitrogen and oxygen atoms in total. The number of rotatable bonds is 4. The van der Waals surface area contributed by atoms with Gasteiger partial charge in [-0.2, -0.15) is 0 Å². The molecule has 0 radical (unpaired) electrons. The summed E-state index contributed by atoms with van der Waals surface area (Å²) in [5.74, 6) is 0. The molecule has 2 rings (SSSR count). The van der Waals surface area contributed by atoms with Crippen LogP contribution >= 0.6 is 27.3 Å². The van der Waals surface area contributed by atoms with Gasteiger partial charge in [-0.25, -0.2) is 4.98 Å². The minimum atomic E-state index is 0.305. The molecule has 1 unspecified atom stereocenters. The van der Waals surface area contributed by atoms with Crippen molar-refractivity contribution in [2.75, 3.05) is 0 Å². The molecule has 1 aromatic carbocycles. The maximum absolute atomic E-state index is 4.31. The predicted octanol–water partition coefficient (Wildman–Crippen LogP) is 4.06. The summed E-state index contributed by atoms with van der Waals surface area (Å²) in [7, 11) is 0. The second-order valence-corrected chi connectivity index (χ2v) is 5.84. The van der Waals surface area contributed by atoms with Gasteiger partial charge in [-0.3, -0.25) is 0 Å². The number of hydrogen-bond donors (Lipinski definition) is 1. The fourth-order valence-electron chi connectivity index (χ4n) is 1.62. The van der Waals surface area contributed by atoms with Crippen LogP contribution in [0, 0.1) is 6.92 Å². The van der Waals surface area contributed by atoms with Crippen LogP contribution in [0.5, 0.6) is 0 Å². The Hall–Kier alpha value is -0.710. The van der Waals surface area contributed by atoms with Gasteiger partial charge in [-0.15, -0.1) is 11.3 Å². The van der Waals surface area contributed by atoms with E-state index in [1.54, 1.807) is 11.3 Å². The molecule has 0 spiro atoms. The second-order valence-electron chi connectivity index (χ2n) is 4.06. The molecular weight excluding hydrogens is 296 g/mol. The molecule has 4 heteroatoms. The van der Waals surface area contributed by atoms with Crippen LogP contribution in [0.15, 0.2) is 34.2 Å². The van der Waals surface area contributed by atoms with Crippen molar-refractivity contribution in [1.82, 2.24) is 10.3 Å². The van der Waals surface area contributed by atoms with E-state index in [4.69, 9.17) is 0 Å². The van der Waals surface area contributed by atoms with Gasteiger partial charge in [0.15, 0.2) is 0 Å². The molecule has 90 valence electrons. The van der Waals surface area contributed by atoms with E-state index in [-0.39, 0.29) is 0 Å². The Labute approximate surface area is 114 Å². The summed E-state index contributed by atoms with van der Waals surface area (Å²) in [6, 6.07) is 6.74. The van der Waals surface area contributed by atoms with E-state index in [0.717, 1.165) is 16.0 Å². The molecular formula is C13H15BrN2S. The van der Waals surface area contributed by atoms with E-state index in [0.29, 0.717) is 6.04 Å². The molecule has 0 aliphatic carbocycles. The summed E-state index contributed by atoms with van der Waals surface area (Å²) in [6.07, 6.45) is 1.85. The Morgan fingerprint density at radius 2 is 2.29 bits per heavy atom. The first-order valence-electron chi connectivity index (χ1n) is 5.54. The molecule has 1 atom stereocenters. The summed E-state index contributed by atoms with van der Waals surface area (Å²) in [5.41, 5.74) is 2.57. The Balaban J connectivity index is 1.96. The molecule has 1 heterocycles. The van der Waals surface area contributed by atoms with Crippen molar-refractivity contribution in [3.05, 3.63) is 50.4 Å². The molecule has 0 saturated carbocycles. The SMILES string of the molecule is Cc1cc(CNC(C)c2nccs2)ccc1Br. The van der Waals surface area contributed by atoms with Gasteiger partial charge >= 0.3 is 0 Å². The highest BCUT2D eigenvalue weighted by molar-refractivity contribution is 9.10. The van der Waals surface area contributed by atoms with Crippen molar-refractivity contribution in [3.63, 3.8) is 0 Å². The summed E-state index contributed by atoms with van der Waals surface area (Å²) in [6.45, 7) is 5.12. The smallest absolute Gasteiger partial charge is 0.109 e. The zero-order valence-corrected chi connectivity index (χ0v) is 12.3. The van der Waals surface area contributed by atoms with E-state index in [9.17, 15) is 0 Å². The van der Waals surface area contributed by atoms with Crippen molar-refractivity contribution in [3.8, 4) is 0 Å². The molecule has 1 N–H and O–H groups in total. The maximum atomic E-state index is 4.31. The lowest BCUT2D eigenvalue weighted by Gasteiger charge is -2.11. The molecule has 17 heavy (non-hydrogen) atoms. The van der Waals surface area contributed by atoms with Gasteiger partial charge in [0.1, 0.15) is 5.01 Å². The minimum absolute atomic E-state index is 0.305. The van der Waals surface area contributed by atoms with Crippen LogP contribution in [0.3, 0.4) is 0 Å². The van der Waals surface area contributed by atoms with Crippen molar-refractivity contribution in [1.29, 1.82) is 0 Å². The normalized spacial score (nSPS) is 12.6. The molecule has 0 saturated heterocycles. The molecule has 0 fully saturated rings. The molecule has 1 aromatic heterocycles. The third-order valence-electron chi connectivity index (χ3n) is 2.66. The highest BCUT2D eigenvalue weighted by atomic mass is 79.9. The monoisotopic (exact) mass is 310 g/mol. The Kier molecular flexibility index (Phi) is 4.31. The first kappa shape index (κ1) is 12.7. The van der Waals surface area contributed by atoms with E-state index in [2.05, 4.69) is 58.3 Å². The summed E-state index contributed by atoms with van der Waals surface area (Å²) < 4.78 is 1.16. The average Bonchev–Trinajstić information content (AvgIpc) is 2.84. The van der Waals surface area contributed by atoms with Crippen molar-refractivity contribution in [2.45, 2.75) is 26.4 Å². The average molecular weight is 311 g/mol. The largest absolute Gasteiger partial charge is 0.304 e. The number of nitrogens with zero attached hydrogens (tertiary/aromatic N) is 1. The zero-order chi connectivity index (χ0) is 12.3. The van der Waals surface area contributed by atoms with Gasteiger partial charge in [0.25, 0.3) is 0 Å². The predicted molar refractivity (Wildman–Crippen MR) is 76.2 cm³/mol. The number of hydrogen-bond acceptors (Lipinski definition) is 3. The van der Waals surface area contributed by atoms with E-state index in [1.807, 2.05) is 11.6 Å². The van der Waals surface area contributed by atoms with Crippen LogP contribution in [-0.4, -0.2) is 4.98 Å². The Morgan fingerprint density at radius 1 is 1.47 bits per heavy atom. The van der Waals surface area contributed by atoms with Crippen molar-refractivity contribution >= 4 is 27.3 Å². The van der Waals surface area contributed by atoms with Crippen molar-refractivity contribution < 1.29 is 0 Å². The topological polar surface area (TPSA) is 24.9 Å². The standard InChI is InChI=1S/C13H15BrN2S/c1-9-7-11(3-4-12(9)14)8-16-10(2)13-15-5-6-17-13/h3-7,10,16H,8H2,1-2H3. The van der Waals surface area contributed by atoms with Gasteiger partial charge in [0, 0.05) is 22.6 Å². The summed E-state index contributed by atoms with van der Waals surface area (Å²) >= 11 is 5.20. The van der Waals surface area contributed by atoms with Gasteiger partial charge in [0.2, 0.25) is 0 Å². The first-order valence-corrected chi connectivity index (χ1v) is 7.22. The lowest BCUT2D eigenvalue weighted by molar-refractivity contribution is 0.571. The van der Waals surface area contributed by atoms with Crippen molar-refractivity contribution in [2.24, 2.45) is 0 Å². The number of benzene rings is 1. The highest BCUT2D eigenvalue weighted by Gasteiger charge is 2.07. The third-order valence-corrected chi connectivity index (χ3v) is 4.50. The lowest BCUT2D eigenvalue weighted by Crippen LogP contribution is -2.17. The first-order chi connectivity index (χ1) is 8.16. The Bertz CT molecular complexity index is 482. The van der Waals surface area contributed by atoms with Crippen LogP contribution < -0.4 is 5.32 Å². The molecule has 0 aliphatic heterocycles. The van der Waals surface area contributed by atoms with Gasteiger partial charge in [0.05, 0.1) is 6.04 Å². The molecule has 2 aromatic rings. The number of aromatic nitrogens is 1. The molecule has 0 amide bonds. The summed E-state index contributed by atoms with van der Waals surface area (Å²) in [5, 5.41) is 6.63. The zero-order valence-electron chi connectivity index (χ0n) is 9.90. The van der Waals surface area contributed by atoms with E-state index in [1.165, 1.54) is 11.1 Å². The molecule has 0 aliphatic rings. The van der Waals surface area contributed by atoms with E-state index < -0.39 is 0 Å².